The van der Waals surface area contributed by atoms with Crippen LogP contribution >= 0.6 is 11.8 Å². The van der Waals surface area contributed by atoms with Gasteiger partial charge in [-0.15, -0.1) is 11.8 Å². The van der Waals surface area contributed by atoms with Crippen molar-refractivity contribution in [3.05, 3.63) is 41.1 Å². The zero-order valence-corrected chi connectivity index (χ0v) is 24.6. The van der Waals surface area contributed by atoms with E-state index in [2.05, 4.69) is 22.8 Å². The normalized spacial score (nSPS) is 15.2. The van der Waals surface area contributed by atoms with Crippen molar-refractivity contribution in [1.29, 1.82) is 0 Å². The number of carbonyl (C=O) groups is 2. The van der Waals surface area contributed by atoms with Crippen LogP contribution in [0.1, 0.15) is 85.8 Å². The molecule has 0 radical (unpaired) electrons. The van der Waals surface area contributed by atoms with Gasteiger partial charge >= 0.3 is 0 Å². The molecule has 7 heteroatoms. The summed E-state index contributed by atoms with van der Waals surface area (Å²) in [5.74, 6) is 0.00678. The van der Waals surface area contributed by atoms with Crippen molar-refractivity contribution in [1.82, 2.24) is 10.2 Å². The molecule has 0 aromatic heterocycles. The minimum atomic E-state index is -0.350. The summed E-state index contributed by atoms with van der Waals surface area (Å²) in [6.07, 6.45) is 4.09. The van der Waals surface area contributed by atoms with Crippen LogP contribution in [0, 0.1) is 5.41 Å². The van der Waals surface area contributed by atoms with Gasteiger partial charge in [-0.25, -0.2) is 0 Å². The second kappa shape index (κ2) is 19.1. The first-order valence-electron chi connectivity index (χ1n) is 12.6. The quantitative estimate of drug-likeness (QED) is 0.437. The summed E-state index contributed by atoms with van der Waals surface area (Å²) in [6.45, 7) is 20.8. The third-order valence-corrected chi connectivity index (χ3v) is 5.95. The molecule has 1 heterocycles. The van der Waals surface area contributed by atoms with E-state index in [0.29, 0.717) is 19.5 Å². The predicted octanol–water partition coefficient (Wildman–Crippen LogP) is 6.11. The van der Waals surface area contributed by atoms with Crippen LogP contribution in [0.5, 0.6) is 0 Å². The zero-order valence-electron chi connectivity index (χ0n) is 23.8. The van der Waals surface area contributed by atoms with Crippen molar-refractivity contribution >= 4 is 35.2 Å². The Hall–Kier alpha value is -2.12. The van der Waals surface area contributed by atoms with Crippen LogP contribution in [0.4, 0.5) is 0 Å². The zero-order chi connectivity index (χ0) is 27.6. The van der Waals surface area contributed by atoms with Gasteiger partial charge in [0.25, 0.3) is 0 Å². The van der Waals surface area contributed by atoms with Gasteiger partial charge in [0.15, 0.2) is 0 Å². The van der Waals surface area contributed by atoms with E-state index in [-0.39, 0.29) is 23.3 Å². The van der Waals surface area contributed by atoms with Crippen molar-refractivity contribution in [3.63, 3.8) is 0 Å². The Bertz CT molecular complexity index is 783. The lowest BCUT2D eigenvalue weighted by molar-refractivity contribution is -0.139. The molecule has 0 spiro atoms. The highest BCUT2D eigenvalue weighted by Crippen LogP contribution is 2.29. The summed E-state index contributed by atoms with van der Waals surface area (Å²) in [5, 5.41) is 3.01. The van der Waals surface area contributed by atoms with Crippen LogP contribution in [0.3, 0.4) is 0 Å². The molecule has 1 saturated heterocycles. The van der Waals surface area contributed by atoms with Crippen LogP contribution in [0.2, 0.25) is 0 Å². The summed E-state index contributed by atoms with van der Waals surface area (Å²) in [5.41, 5.74) is 7.44. The average Bonchev–Trinajstić information content (AvgIpc) is 3.37. The molecule has 200 valence electrons. The molecule has 2 amide bonds. The second-order valence-electron chi connectivity index (χ2n) is 8.67. The number of nitrogens with two attached hydrogens (primary N) is 1. The number of likely N-dealkylation sites (tertiary alicyclic amines) is 1. The number of nitrogens with zero attached hydrogens (tertiary/aromatic N) is 2. The Balaban J connectivity index is 0. The van der Waals surface area contributed by atoms with E-state index >= 15 is 0 Å². The number of hydrogen-bond acceptors (Lipinski definition) is 5. The largest absolute Gasteiger partial charge is 0.350 e. The molecule has 1 aromatic rings. The number of thioether (sulfide) groups is 1. The van der Waals surface area contributed by atoms with Crippen LogP contribution in [0.25, 0.3) is 4.91 Å². The highest BCUT2D eigenvalue weighted by Gasteiger charge is 2.35. The minimum Gasteiger partial charge on any atom is -0.350 e. The van der Waals surface area contributed by atoms with E-state index in [1.54, 1.807) is 16.7 Å². The molecule has 1 aliphatic heterocycles. The van der Waals surface area contributed by atoms with Gasteiger partial charge in [0.1, 0.15) is 6.04 Å². The first-order chi connectivity index (χ1) is 16.7. The fourth-order valence-corrected chi connectivity index (χ4v) is 4.25. The second-order valence-corrected chi connectivity index (χ2v) is 9.49. The van der Waals surface area contributed by atoms with Gasteiger partial charge in [0, 0.05) is 24.4 Å². The van der Waals surface area contributed by atoms with Gasteiger partial charge in [-0.1, -0.05) is 72.7 Å². The SMILES string of the molecule is C=N/C(C)=C(\SC)c1ccc(CNC(=O)C2CCCN2C(=O)CC(C)(C)C)cc1.CC.CC.CN. The third kappa shape index (κ3) is 12.4. The highest BCUT2D eigenvalue weighted by atomic mass is 32.2. The Morgan fingerprint density at radius 2 is 1.69 bits per heavy atom. The lowest BCUT2D eigenvalue weighted by Crippen LogP contribution is -2.46. The van der Waals surface area contributed by atoms with E-state index in [1.807, 2.05) is 85.9 Å². The maximum Gasteiger partial charge on any atom is 0.243 e. The van der Waals surface area contributed by atoms with Gasteiger partial charge in [-0.05, 0) is 56.3 Å². The van der Waals surface area contributed by atoms with Crippen LogP contribution in [-0.2, 0) is 16.1 Å². The maximum absolute atomic E-state index is 12.7. The molecule has 1 aromatic carbocycles. The van der Waals surface area contributed by atoms with E-state index in [1.165, 1.54) is 7.05 Å². The van der Waals surface area contributed by atoms with Crippen molar-refractivity contribution < 1.29 is 9.59 Å². The third-order valence-electron chi connectivity index (χ3n) is 5.01. The van der Waals surface area contributed by atoms with Crippen molar-refractivity contribution in [2.75, 3.05) is 19.8 Å². The lowest BCUT2D eigenvalue weighted by atomic mass is 9.91. The smallest absolute Gasteiger partial charge is 0.243 e. The fourth-order valence-electron chi connectivity index (χ4n) is 3.52. The van der Waals surface area contributed by atoms with Gasteiger partial charge in [0.05, 0.1) is 5.70 Å². The van der Waals surface area contributed by atoms with E-state index < -0.39 is 0 Å². The molecule has 0 bridgehead atoms. The molecular formula is C28H50N4O2S. The van der Waals surface area contributed by atoms with Crippen LogP contribution < -0.4 is 11.1 Å². The number of nitrogens with one attached hydrogen (secondary N) is 1. The number of rotatable bonds is 7. The Kier molecular flexibility index (Phi) is 19.1. The maximum atomic E-state index is 12.7. The number of amides is 2. The molecule has 3 N–H and O–H groups in total. The average molecular weight is 507 g/mol. The molecule has 6 nitrogen and oxygen atoms in total. The number of benzene rings is 1. The number of allylic oxidation sites excluding steroid dienone is 1. The van der Waals surface area contributed by atoms with Gasteiger partial charge in [-0.3, -0.25) is 14.6 Å². The molecule has 1 fully saturated rings. The molecule has 35 heavy (non-hydrogen) atoms. The van der Waals surface area contributed by atoms with Crippen LogP contribution in [0.15, 0.2) is 35.0 Å². The molecule has 1 atom stereocenters. The first kappa shape index (κ1) is 35.0. The Morgan fingerprint density at radius 1 is 1.14 bits per heavy atom. The van der Waals surface area contributed by atoms with Crippen molar-refractivity contribution in [3.8, 4) is 0 Å². The molecule has 2 rings (SSSR count). The standard InChI is InChI=1S/C23H33N3O2S.2C2H6.CH5N/c1-16(24-5)21(29-6)18-11-9-17(10-12-18)15-25-22(28)19-8-7-13-26(19)20(27)14-23(2,3)4;3*1-2/h9-12,19H,5,7-8,13-15H2,1-4,6H3,(H,25,28);2*1-2H3;2H2,1H3/b21-16-;;;. The minimum absolute atomic E-state index is 0.0646. The summed E-state index contributed by atoms with van der Waals surface area (Å²) in [6, 6.07) is 7.75. The Labute approximate surface area is 219 Å². The number of carbonyl (C=O) groups excluding carboxylic acids is 2. The number of aliphatic imine (C=N–C) groups is 1. The monoisotopic (exact) mass is 506 g/mol. The van der Waals surface area contributed by atoms with Gasteiger partial charge in [0.2, 0.25) is 11.8 Å². The number of hydrogen-bond donors (Lipinski definition) is 2. The Morgan fingerprint density at radius 3 is 2.14 bits per heavy atom. The van der Waals surface area contributed by atoms with Crippen molar-refractivity contribution in [2.24, 2.45) is 16.1 Å². The van der Waals surface area contributed by atoms with Crippen LogP contribution in [-0.4, -0.2) is 49.3 Å². The highest BCUT2D eigenvalue weighted by molar-refractivity contribution is 8.07. The van der Waals surface area contributed by atoms with E-state index in [0.717, 1.165) is 34.6 Å². The topological polar surface area (TPSA) is 87.8 Å². The summed E-state index contributed by atoms with van der Waals surface area (Å²) in [4.78, 5) is 32.2. The van der Waals surface area contributed by atoms with Gasteiger partial charge in [-0.2, -0.15) is 0 Å². The van der Waals surface area contributed by atoms with E-state index in [9.17, 15) is 9.59 Å². The predicted molar refractivity (Wildman–Crippen MR) is 156 cm³/mol. The summed E-state index contributed by atoms with van der Waals surface area (Å²) >= 11 is 1.64. The molecule has 1 unspecified atom stereocenters. The summed E-state index contributed by atoms with van der Waals surface area (Å²) in [7, 11) is 1.50. The molecular weight excluding hydrogens is 456 g/mol. The fraction of sp³-hybridized carbons (Fsp3) is 0.607. The lowest BCUT2D eigenvalue weighted by Gasteiger charge is -2.27. The van der Waals surface area contributed by atoms with E-state index in [4.69, 9.17) is 0 Å². The van der Waals surface area contributed by atoms with Gasteiger partial charge < -0.3 is 16.0 Å². The molecule has 1 aliphatic rings. The molecule has 0 saturated carbocycles. The first-order valence-corrected chi connectivity index (χ1v) is 13.8. The summed E-state index contributed by atoms with van der Waals surface area (Å²) < 4.78 is 0. The van der Waals surface area contributed by atoms with Crippen molar-refractivity contribution in [2.45, 2.75) is 87.2 Å². The molecule has 0 aliphatic carbocycles.